The lowest BCUT2D eigenvalue weighted by Gasteiger charge is -2.14. The van der Waals surface area contributed by atoms with Crippen LogP contribution in [0, 0.1) is 5.82 Å². The summed E-state index contributed by atoms with van der Waals surface area (Å²) in [6, 6.07) is 6.32. The highest BCUT2D eigenvalue weighted by atomic mass is 19.1. The average molecular weight is 291 g/mol. The number of nitrogens with two attached hydrogens (primary N) is 1. The van der Waals surface area contributed by atoms with Crippen molar-refractivity contribution >= 4 is 11.9 Å². The van der Waals surface area contributed by atoms with E-state index in [0.29, 0.717) is 12.6 Å². The maximum atomic E-state index is 13.2. The zero-order chi connectivity index (χ0) is 15.2. The minimum Gasteiger partial charge on any atom is -0.463 e. The van der Waals surface area contributed by atoms with E-state index in [4.69, 9.17) is 10.5 Å². The summed E-state index contributed by atoms with van der Waals surface area (Å²) in [4.78, 5) is 12.0. The van der Waals surface area contributed by atoms with Gasteiger partial charge in [-0.3, -0.25) is 0 Å². The molecule has 0 aliphatic heterocycles. The normalized spacial score (nSPS) is 12.0. The summed E-state index contributed by atoms with van der Waals surface area (Å²) in [5.74, 6) is 0.0821. The van der Waals surface area contributed by atoms with Gasteiger partial charge < -0.3 is 15.8 Å². The first kappa shape index (κ1) is 15.0. The molecule has 0 bridgehead atoms. The van der Waals surface area contributed by atoms with Crippen LogP contribution in [-0.4, -0.2) is 21.6 Å². The second-order valence-electron chi connectivity index (χ2n) is 4.57. The number of nitrogens with zero attached hydrogens (tertiary/aromatic N) is 3. The van der Waals surface area contributed by atoms with Crippen LogP contribution in [0.3, 0.4) is 0 Å². The van der Waals surface area contributed by atoms with E-state index in [1.165, 1.54) is 12.1 Å². The topological polar surface area (TPSA) is 86.0 Å². The largest absolute Gasteiger partial charge is 0.463 e. The van der Waals surface area contributed by atoms with Crippen molar-refractivity contribution in [3.8, 4) is 6.01 Å². The van der Waals surface area contributed by atoms with Crippen molar-refractivity contribution in [1.29, 1.82) is 0 Å². The Morgan fingerprint density at radius 1 is 1.33 bits per heavy atom. The highest BCUT2D eigenvalue weighted by Crippen LogP contribution is 2.19. The van der Waals surface area contributed by atoms with E-state index in [1.54, 1.807) is 6.07 Å². The van der Waals surface area contributed by atoms with Crippen LogP contribution in [-0.2, 0) is 0 Å². The number of anilines is 2. The molecule has 1 aromatic heterocycles. The van der Waals surface area contributed by atoms with Crippen LogP contribution in [0.25, 0.3) is 0 Å². The molecular formula is C14H18FN5O. The van der Waals surface area contributed by atoms with E-state index in [9.17, 15) is 4.39 Å². The van der Waals surface area contributed by atoms with E-state index in [-0.39, 0.29) is 23.8 Å². The van der Waals surface area contributed by atoms with Crippen molar-refractivity contribution in [2.45, 2.75) is 26.3 Å². The highest BCUT2D eigenvalue weighted by Gasteiger charge is 2.10. The van der Waals surface area contributed by atoms with Crippen LogP contribution in [0.1, 0.15) is 31.9 Å². The molecule has 2 aromatic rings. The Morgan fingerprint density at radius 2 is 2.14 bits per heavy atom. The number of hydrogen-bond donors (Lipinski definition) is 2. The number of rotatable bonds is 6. The molecule has 0 aliphatic rings. The fraction of sp³-hybridized carbons (Fsp3) is 0.357. The molecule has 3 N–H and O–H groups in total. The van der Waals surface area contributed by atoms with E-state index in [2.05, 4.69) is 20.3 Å². The van der Waals surface area contributed by atoms with Gasteiger partial charge in [0.2, 0.25) is 11.9 Å². The third-order valence-corrected chi connectivity index (χ3v) is 2.76. The van der Waals surface area contributed by atoms with Gasteiger partial charge in [-0.25, -0.2) is 4.39 Å². The maximum absolute atomic E-state index is 13.2. The van der Waals surface area contributed by atoms with Crippen molar-refractivity contribution in [1.82, 2.24) is 15.0 Å². The molecule has 0 saturated heterocycles. The zero-order valence-electron chi connectivity index (χ0n) is 12.0. The summed E-state index contributed by atoms with van der Waals surface area (Å²) < 4.78 is 18.6. The number of hydrogen-bond acceptors (Lipinski definition) is 6. The van der Waals surface area contributed by atoms with Gasteiger partial charge in [0.05, 0.1) is 12.6 Å². The smallest absolute Gasteiger partial charge is 0.323 e. The minimum atomic E-state index is -0.289. The predicted molar refractivity (Wildman–Crippen MR) is 78.5 cm³/mol. The van der Waals surface area contributed by atoms with Gasteiger partial charge in [-0.1, -0.05) is 19.1 Å². The van der Waals surface area contributed by atoms with Crippen LogP contribution in [0.15, 0.2) is 24.3 Å². The van der Waals surface area contributed by atoms with Crippen molar-refractivity contribution in [2.24, 2.45) is 0 Å². The van der Waals surface area contributed by atoms with Gasteiger partial charge in [0, 0.05) is 0 Å². The summed E-state index contributed by atoms with van der Waals surface area (Å²) in [6.45, 7) is 4.36. The first-order chi connectivity index (χ1) is 10.1. The first-order valence-electron chi connectivity index (χ1n) is 6.75. The van der Waals surface area contributed by atoms with Gasteiger partial charge in [0.25, 0.3) is 0 Å². The average Bonchev–Trinajstić information content (AvgIpc) is 2.44. The molecular weight excluding hydrogens is 273 g/mol. The molecule has 1 heterocycles. The van der Waals surface area contributed by atoms with Crippen molar-refractivity contribution < 1.29 is 9.13 Å². The quantitative estimate of drug-likeness (QED) is 0.850. The van der Waals surface area contributed by atoms with E-state index in [1.807, 2.05) is 19.9 Å². The van der Waals surface area contributed by atoms with Gasteiger partial charge in [-0.15, -0.1) is 0 Å². The van der Waals surface area contributed by atoms with Crippen LogP contribution >= 0.6 is 0 Å². The number of aromatic nitrogens is 3. The Morgan fingerprint density at radius 3 is 2.86 bits per heavy atom. The molecule has 1 unspecified atom stereocenters. The fourth-order valence-corrected chi connectivity index (χ4v) is 1.75. The summed E-state index contributed by atoms with van der Waals surface area (Å²) in [6.07, 6.45) is 0.841. The molecule has 1 aromatic carbocycles. The SMILES string of the molecule is CCCOc1nc(N)nc(NC(C)c2cccc(F)c2)n1. The van der Waals surface area contributed by atoms with Crippen LogP contribution in [0.5, 0.6) is 6.01 Å². The summed E-state index contributed by atoms with van der Waals surface area (Å²) >= 11 is 0. The van der Waals surface area contributed by atoms with Gasteiger partial charge in [-0.05, 0) is 31.0 Å². The lowest BCUT2D eigenvalue weighted by Crippen LogP contribution is -2.13. The van der Waals surface area contributed by atoms with Crippen molar-refractivity contribution in [3.05, 3.63) is 35.6 Å². The summed E-state index contributed by atoms with van der Waals surface area (Å²) in [5.41, 5.74) is 6.41. The number of nitrogen functional groups attached to an aromatic ring is 1. The van der Waals surface area contributed by atoms with Gasteiger partial charge >= 0.3 is 6.01 Å². The van der Waals surface area contributed by atoms with Gasteiger partial charge in [0.1, 0.15) is 5.82 Å². The Bertz CT molecular complexity index is 608. The molecule has 0 saturated carbocycles. The summed E-state index contributed by atoms with van der Waals surface area (Å²) in [5, 5.41) is 3.05. The van der Waals surface area contributed by atoms with Gasteiger partial charge in [-0.2, -0.15) is 15.0 Å². The Hall–Kier alpha value is -2.44. The molecule has 112 valence electrons. The van der Waals surface area contributed by atoms with Crippen molar-refractivity contribution in [3.63, 3.8) is 0 Å². The predicted octanol–water partition coefficient (Wildman–Crippen LogP) is 2.55. The van der Waals surface area contributed by atoms with Crippen LogP contribution in [0.4, 0.5) is 16.3 Å². The zero-order valence-corrected chi connectivity index (χ0v) is 12.0. The molecule has 21 heavy (non-hydrogen) atoms. The van der Waals surface area contributed by atoms with Gasteiger partial charge in [0.15, 0.2) is 0 Å². The molecule has 0 radical (unpaired) electrons. The van der Waals surface area contributed by atoms with E-state index >= 15 is 0 Å². The monoisotopic (exact) mass is 291 g/mol. The Balaban J connectivity index is 2.13. The van der Waals surface area contributed by atoms with Crippen LogP contribution in [0.2, 0.25) is 0 Å². The fourth-order valence-electron chi connectivity index (χ4n) is 1.75. The molecule has 2 rings (SSSR count). The lowest BCUT2D eigenvalue weighted by atomic mass is 10.1. The Labute approximate surface area is 122 Å². The highest BCUT2D eigenvalue weighted by molar-refractivity contribution is 5.36. The maximum Gasteiger partial charge on any atom is 0.323 e. The third-order valence-electron chi connectivity index (χ3n) is 2.76. The van der Waals surface area contributed by atoms with Crippen molar-refractivity contribution in [2.75, 3.05) is 17.7 Å². The summed E-state index contributed by atoms with van der Waals surface area (Å²) in [7, 11) is 0. The molecule has 7 heteroatoms. The standard InChI is InChI=1S/C14H18FN5O/c1-3-7-21-14-19-12(16)18-13(20-14)17-9(2)10-5-4-6-11(15)8-10/h4-6,8-9H,3,7H2,1-2H3,(H3,16,17,18,19,20). The number of ether oxygens (including phenoxy) is 1. The molecule has 6 nitrogen and oxygen atoms in total. The minimum absolute atomic E-state index is 0.0741. The van der Waals surface area contributed by atoms with Crippen LogP contribution < -0.4 is 15.8 Å². The Kier molecular flexibility index (Phi) is 4.86. The third kappa shape index (κ3) is 4.27. The molecule has 1 atom stereocenters. The molecule has 0 aliphatic carbocycles. The first-order valence-corrected chi connectivity index (χ1v) is 6.75. The number of nitrogens with one attached hydrogen (secondary N) is 1. The lowest BCUT2D eigenvalue weighted by molar-refractivity contribution is 0.292. The molecule has 0 spiro atoms. The second-order valence-corrected chi connectivity index (χ2v) is 4.57. The molecule has 0 amide bonds. The molecule has 0 fully saturated rings. The number of halogens is 1. The number of benzene rings is 1. The van der Waals surface area contributed by atoms with E-state index in [0.717, 1.165) is 12.0 Å². The van der Waals surface area contributed by atoms with E-state index < -0.39 is 0 Å². The second kappa shape index (κ2) is 6.83.